The molecule has 2 aliphatic heterocycles. The molecule has 4 saturated carbocycles. The standard InChI is InChI=1S/C25H32N8O2.C25H30N8O2.C20H20N6O3S.C17H24N8O.C11H22N2O2.2H2O.Pd/c2*1-32-15-17(13-27-32)28-23-22-21(30-25(31-23)29-20-6-4-3-5-19(20)26)11-12-33(24(22)34)14-16-7-9-18(35-2)10-8-16;1-25-12-14(10-21-25)22-18-17-16(23-20(24-18)30(3)28)8-9-26(19(17)27)11-13-4-6-15(29-2)7-5-13;1-25-9-10(8-20-25)21-15-14-13(6-7-19-16(14)26)23-17(24-15)22-12-5-3-2-4-11(12)18;1-11(2,3)15-10(14)13-9-7-5-4-6-8(9)12;;;/h7-10,13,15,19-20H,3-6,11-12,14,26H2,1-2H3,(H2,28,29,30,31);7-13,15,19-20H,3-6,14,26H2,1-2H3,(H2,28,29,30,31);4-10,12H,11H2,1-3H3,(H,22,23,24);8-9,11-12H,2-7,18H2,1H3,(H,19,26)(H2,21,22,23,24);8-9H,4-7,12H2,1-3H3,(H,13,14);2*1H2;/t2*19-,20+;;11-,12+;8-,9+;;;/m00.01.../s1. The van der Waals surface area contributed by atoms with Crippen molar-refractivity contribution in [3.05, 3.63) is 207 Å². The number of anilines is 11. The van der Waals surface area contributed by atoms with E-state index in [9.17, 15) is 28.2 Å². The number of aromatic nitrogens is 18. The number of carbonyl (C=O) groups excluding carboxylic acids is 3. The van der Waals surface area contributed by atoms with Crippen LogP contribution in [0.5, 0.6) is 17.2 Å². The van der Waals surface area contributed by atoms with Gasteiger partial charge >= 0.3 is 6.09 Å². The quantitative estimate of drug-likeness (QED) is 0.0187. The number of methoxy groups -OCH3 is 3. The minimum atomic E-state index is -1.40. The zero-order chi connectivity index (χ0) is 99.5. The van der Waals surface area contributed by atoms with Gasteiger partial charge in [-0.15, -0.1) is 0 Å². The zero-order valence-electron chi connectivity index (χ0n) is 82.9. The predicted octanol–water partition coefficient (Wildman–Crippen LogP) is 8.96. The van der Waals surface area contributed by atoms with Crippen LogP contribution in [0.1, 0.15) is 172 Å². The Morgan fingerprint density at radius 3 is 1.19 bits per heavy atom. The number of carbonyl (C=O) groups is 3. The fraction of sp³-hybridized carbons (Fsp3) is 0.439. The first-order valence-electron chi connectivity index (χ1n) is 47.7. The summed E-state index contributed by atoms with van der Waals surface area (Å²) in [6, 6.07) is 27.3. The van der Waals surface area contributed by atoms with Gasteiger partial charge in [0.15, 0.2) is 0 Å². The van der Waals surface area contributed by atoms with Crippen LogP contribution in [0, 0.1) is 0 Å². The first-order chi connectivity index (χ1) is 67.9. The smallest absolute Gasteiger partial charge is 0.407 e. The minimum absolute atomic E-state index is 0. The Morgan fingerprint density at radius 1 is 0.451 bits per heavy atom. The summed E-state index contributed by atoms with van der Waals surface area (Å²) in [7, 11) is 10.8. The van der Waals surface area contributed by atoms with E-state index in [0.29, 0.717) is 125 Å². The third-order valence-corrected chi connectivity index (χ3v) is 25.9. The summed E-state index contributed by atoms with van der Waals surface area (Å²) in [5.41, 5.74) is 33.4. The Labute approximate surface area is 850 Å². The van der Waals surface area contributed by atoms with Crippen LogP contribution in [0.25, 0.3) is 21.8 Å². The Kier molecular flexibility index (Phi) is 38.0. The second-order valence-corrected chi connectivity index (χ2v) is 38.4. The Bertz CT molecular complexity index is 6650. The van der Waals surface area contributed by atoms with Gasteiger partial charge in [0.1, 0.15) is 68.0 Å². The van der Waals surface area contributed by atoms with Gasteiger partial charge in [-0.3, -0.25) is 42.1 Å². The second kappa shape index (κ2) is 50.3. The van der Waals surface area contributed by atoms with E-state index in [0.717, 1.165) is 159 Å². The summed E-state index contributed by atoms with van der Waals surface area (Å²) in [5.74, 6) is 5.27. The van der Waals surface area contributed by atoms with Crippen molar-refractivity contribution in [2.45, 2.75) is 215 Å². The average Bonchev–Trinajstić information content (AvgIpc) is 0.947. The van der Waals surface area contributed by atoms with Crippen molar-refractivity contribution >= 4 is 114 Å². The Balaban J connectivity index is 0.000000163. The van der Waals surface area contributed by atoms with Gasteiger partial charge in [-0.2, -0.15) is 35.3 Å². The molecule has 21 N–H and O–H groups in total. The van der Waals surface area contributed by atoms with Gasteiger partial charge in [0, 0.05) is 173 Å². The number of amides is 3. The number of ether oxygens (including phenoxy) is 4. The normalized spacial score (nSPS) is 18.6. The van der Waals surface area contributed by atoms with E-state index >= 15 is 0 Å². The van der Waals surface area contributed by atoms with Crippen molar-refractivity contribution in [1.82, 2.24) is 104 Å². The molecule has 10 aromatic heterocycles. The number of rotatable bonds is 25. The molecule has 0 saturated heterocycles. The summed E-state index contributed by atoms with van der Waals surface area (Å²) in [5, 5.41) is 46.4. The third kappa shape index (κ3) is 28.8. The van der Waals surface area contributed by atoms with Gasteiger partial charge in [0.05, 0.1) is 115 Å². The first-order valence-corrected chi connectivity index (χ1v) is 49.3. The third-order valence-electron chi connectivity index (χ3n) is 25.2. The molecule has 0 bridgehead atoms. The molecule has 4 fully saturated rings. The summed E-state index contributed by atoms with van der Waals surface area (Å²) in [4.78, 5) is 103. The maximum atomic E-state index is 13.6. The van der Waals surface area contributed by atoms with E-state index in [4.69, 9.17) is 56.8 Å². The van der Waals surface area contributed by atoms with E-state index in [1.165, 1.54) is 12.7 Å². The van der Waals surface area contributed by atoms with E-state index < -0.39 is 16.4 Å². The van der Waals surface area contributed by atoms with Crippen molar-refractivity contribution in [3.8, 4) is 17.2 Å². The van der Waals surface area contributed by atoms with Crippen LogP contribution in [0.2, 0.25) is 0 Å². The van der Waals surface area contributed by atoms with Gasteiger partial charge in [0.25, 0.3) is 22.9 Å². The van der Waals surface area contributed by atoms with Gasteiger partial charge in [0.2, 0.25) is 23.0 Å². The van der Waals surface area contributed by atoms with Crippen LogP contribution < -0.4 is 96.1 Å². The van der Waals surface area contributed by atoms with E-state index in [-0.39, 0.29) is 114 Å². The summed E-state index contributed by atoms with van der Waals surface area (Å²) < 4.78 is 42.8. The summed E-state index contributed by atoms with van der Waals surface area (Å²) in [6.45, 7) is 8.04. The molecule has 0 spiro atoms. The number of hydrogen-bond acceptors (Lipinski definition) is 33. The molecule has 44 nitrogen and oxygen atoms in total. The fourth-order valence-corrected chi connectivity index (χ4v) is 18.2. The van der Waals surface area contributed by atoms with Crippen LogP contribution in [0.3, 0.4) is 0 Å². The van der Waals surface area contributed by atoms with Crippen molar-refractivity contribution in [1.29, 1.82) is 0 Å². The van der Waals surface area contributed by atoms with Gasteiger partial charge in [-0.05, 0) is 137 Å². The van der Waals surface area contributed by atoms with E-state index in [2.05, 4.69) is 93.2 Å². The second-order valence-electron chi connectivity index (χ2n) is 37.1. The van der Waals surface area contributed by atoms with Crippen LogP contribution in [0.4, 0.5) is 68.7 Å². The number of nitrogens with zero attached hydrogens (tertiary/aromatic N) is 19. The molecule has 0 radical (unpaired) electrons. The monoisotopic (exact) mass is 2090 g/mol. The Morgan fingerprint density at radius 2 is 0.806 bits per heavy atom. The van der Waals surface area contributed by atoms with Gasteiger partial charge in [-0.1, -0.05) is 87.8 Å². The zero-order valence-corrected chi connectivity index (χ0v) is 85.2. The molecule has 12 heterocycles. The number of alkyl carbamates (subject to hydrolysis) is 1. The molecular formula is C98H132N32O12PdS. The van der Waals surface area contributed by atoms with Crippen LogP contribution in [0.15, 0.2) is 162 Å². The number of fused-ring (bicyclic) bond motifs is 4. The van der Waals surface area contributed by atoms with Crippen molar-refractivity contribution < 1.29 is 68.9 Å². The van der Waals surface area contributed by atoms with Crippen LogP contribution in [-0.2, 0) is 96.6 Å². The molecular weight excluding hydrogens is 1960 g/mol. The number of nitrogens with one attached hydrogen (secondary N) is 9. The van der Waals surface area contributed by atoms with Crippen molar-refractivity contribution in [2.24, 2.45) is 51.1 Å². The molecule has 46 heteroatoms. The number of hydrogen-bond donors (Lipinski definition) is 13. The molecule has 4 aliphatic carbocycles. The molecule has 3 aromatic carbocycles. The maximum Gasteiger partial charge on any atom is 0.407 e. The van der Waals surface area contributed by atoms with Gasteiger partial charge in [-0.25, -0.2) is 29.7 Å². The molecule has 3 amide bonds. The molecule has 9 atom stereocenters. The minimum Gasteiger partial charge on any atom is -0.497 e. The Hall–Kier alpha value is -14.0. The average molecular weight is 2090 g/mol. The number of nitrogens with two attached hydrogens (primary N) is 4. The fourth-order valence-electron chi connectivity index (χ4n) is 17.8. The van der Waals surface area contributed by atoms with Crippen molar-refractivity contribution in [2.75, 3.05) is 77.9 Å². The molecule has 144 heavy (non-hydrogen) atoms. The molecule has 772 valence electrons. The molecule has 1 unspecified atom stereocenters. The topological polar surface area (TPSA) is 602 Å². The summed E-state index contributed by atoms with van der Waals surface area (Å²) >= 11 is 0. The van der Waals surface area contributed by atoms with Crippen molar-refractivity contribution in [3.63, 3.8) is 0 Å². The number of aryl methyl sites for hydroxylation is 4. The SMILES string of the molecule is CC(C)(C)OC(=O)N[C@H]1CCCC[C@H]1N.COc1ccc(CN2CCc3nc(N[C@@H]4CCCC[C@@H]4N)nc(Nc4cnn(C)c4)c3C2=O)cc1.COc1ccc(Cn2ccc3nc(N[C@@H]4CCCC[C@@H]4N)nc(Nc4cnn(C)c4)c3c2=O)cc1.COc1ccc(Cn2ccc3nc(S(C)=O)nc(Nc4cnn(C)c4)c3c2=O)cc1.Cn1cc(Nc2nc(N[C@@H]3CCCC[C@@H]3N)nc3c2C(=O)NCC3)cn1.O.O.[Pd]. The molecule has 13 aromatic rings. The van der Waals surface area contributed by atoms with E-state index in [1.54, 1.807) is 106 Å². The first kappa shape index (κ1) is 109. The maximum absolute atomic E-state index is 13.6. The van der Waals surface area contributed by atoms with Crippen LogP contribution in [-0.4, -0.2) is 221 Å². The number of benzene rings is 3. The molecule has 6 aliphatic rings. The molecule has 19 rings (SSSR count). The summed E-state index contributed by atoms with van der Waals surface area (Å²) in [6.07, 6.45) is 36.9. The van der Waals surface area contributed by atoms with Gasteiger partial charge < -0.3 is 115 Å². The largest absolute Gasteiger partial charge is 0.497 e. The van der Waals surface area contributed by atoms with E-state index in [1.807, 2.05) is 144 Å². The predicted molar refractivity (Wildman–Crippen MR) is 550 cm³/mol. The number of pyridine rings is 2. The van der Waals surface area contributed by atoms with Crippen LogP contribution >= 0.6 is 0 Å².